The second-order valence-electron chi connectivity index (χ2n) is 9.25. The predicted molar refractivity (Wildman–Crippen MR) is 141 cm³/mol. The average molecular weight is 523 g/mol. The number of carbonyl (C=O) groups is 1. The van der Waals surface area contributed by atoms with E-state index in [-0.39, 0.29) is 34.6 Å². The molecule has 0 radical (unpaired) electrons. The van der Waals surface area contributed by atoms with Crippen LogP contribution in [0.15, 0.2) is 53.4 Å². The molecule has 2 fully saturated rings. The van der Waals surface area contributed by atoms with Crippen LogP contribution in [-0.4, -0.2) is 67.0 Å². The Bertz CT molecular complexity index is 1390. The van der Waals surface area contributed by atoms with Crippen molar-refractivity contribution >= 4 is 27.5 Å². The second-order valence-corrected chi connectivity index (χ2v) is 11.5. The number of benzene rings is 2. The number of morpholine rings is 1. The van der Waals surface area contributed by atoms with Crippen LogP contribution in [0.25, 0.3) is 22.8 Å². The van der Waals surface area contributed by atoms with Crippen LogP contribution in [0.1, 0.15) is 26.7 Å². The fourth-order valence-corrected chi connectivity index (χ4v) is 5.22. The molecule has 0 unspecified atom stereocenters. The number of hydrogen-bond acceptors (Lipinski definition) is 8. The molecule has 1 saturated carbocycles. The number of nitrogens with zero attached hydrogens (tertiary/aromatic N) is 4. The number of nitrogens with one attached hydrogen (secondary N) is 2. The van der Waals surface area contributed by atoms with Crippen molar-refractivity contribution < 1.29 is 17.9 Å². The first-order valence-electron chi connectivity index (χ1n) is 12.4. The summed E-state index contributed by atoms with van der Waals surface area (Å²) >= 11 is 0. The Labute approximate surface area is 216 Å². The van der Waals surface area contributed by atoms with Crippen LogP contribution < -0.4 is 15.5 Å². The topological polar surface area (TPSA) is 126 Å². The van der Waals surface area contributed by atoms with Gasteiger partial charge in [-0.3, -0.25) is 0 Å². The molecule has 10 nitrogen and oxygen atoms in total. The molecule has 5 rings (SSSR count). The molecule has 1 atom stereocenters. The molecule has 2 heterocycles. The third kappa shape index (κ3) is 5.72. The van der Waals surface area contributed by atoms with Gasteiger partial charge in [-0.2, -0.15) is 9.97 Å². The van der Waals surface area contributed by atoms with Crippen molar-refractivity contribution in [2.24, 2.45) is 0 Å². The number of ether oxygens (including phenoxy) is 1. The molecular formula is C26H30N6O4S. The van der Waals surface area contributed by atoms with Gasteiger partial charge in [-0.1, -0.05) is 19.1 Å². The van der Waals surface area contributed by atoms with Gasteiger partial charge in [0.2, 0.25) is 5.95 Å². The molecule has 2 N–H and O–H groups in total. The third-order valence-corrected chi connectivity index (χ3v) is 8.19. The molecule has 0 bridgehead atoms. The normalized spacial score (nSPS) is 17.9. The zero-order valence-corrected chi connectivity index (χ0v) is 21.7. The maximum Gasteiger partial charge on any atom is 0.319 e. The minimum Gasteiger partial charge on any atom is -0.377 e. The number of anilines is 2. The van der Waals surface area contributed by atoms with E-state index in [1.165, 1.54) is 0 Å². The maximum atomic E-state index is 12.8. The van der Waals surface area contributed by atoms with Crippen LogP contribution in [0, 0.1) is 0 Å². The van der Waals surface area contributed by atoms with Gasteiger partial charge in [0, 0.05) is 29.4 Å². The number of rotatable bonds is 7. The molecule has 1 aromatic heterocycles. The van der Waals surface area contributed by atoms with Crippen molar-refractivity contribution in [1.82, 2.24) is 20.3 Å². The number of aromatic nitrogens is 3. The lowest BCUT2D eigenvalue weighted by atomic mass is 10.1. The molecule has 3 aromatic rings. The number of carbonyl (C=O) groups excluding carboxylic acids is 1. The van der Waals surface area contributed by atoms with E-state index < -0.39 is 9.84 Å². The SMILES string of the molecule is CCS(=O)(=O)c1ccccc1-c1nc(-c2ccc(NC(=O)NC3CC3)cc2)nc(N2CCOC[C@@H]2C)n1. The average Bonchev–Trinajstić information content (AvgIpc) is 3.73. The minimum absolute atomic E-state index is 0.0297. The Morgan fingerprint density at radius 3 is 2.49 bits per heavy atom. The molecule has 1 aliphatic heterocycles. The monoisotopic (exact) mass is 522 g/mol. The Balaban J connectivity index is 1.54. The Morgan fingerprint density at radius 2 is 1.78 bits per heavy atom. The number of hydrogen-bond donors (Lipinski definition) is 2. The van der Waals surface area contributed by atoms with Crippen molar-refractivity contribution in [3.8, 4) is 22.8 Å². The highest BCUT2D eigenvalue weighted by Crippen LogP contribution is 2.30. The van der Waals surface area contributed by atoms with E-state index in [1.54, 1.807) is 43.3 Å². The highest BCUT2D eigenvalue weighted by atomic mass is 32.2. The van der Waals surface area contributed by atoms with Crippen LogP contribution in [0.5, 0.6) is 0 Å². The lowest BCUT2D eigenvalue weighted by Crippen LogP contribution is -2.44. The summed E-state index contributed by atoms with van der Waals surface area (Å²) in [7, 11) is -3.50. The van der Waals surface area contributed by atoms with E-state index in [0.29, 0.717) is 42.8 Å². The van der Waals surface area contributed by atoms with Gasteiger partial charge < -0.3 is 20.3 Å². The Hall–Kier alpha value is -3.57. The predicted octanol–water partition coefficient (Wildman–Crippen LogP) is 3.51. The van der Waals surface area contributed by atoms with E-state index in [9.17, 15) is 13.2 Å². The fourth-order valence-electron chi connectivity index (χ4n) is 4.13. The molecule has 11 heteroatoms. The van der Waals surface area contributed by atoms with Gasteiger partial charge in [-0.25, -0.2) is 18.2 Å². The van der Waals surface area contributed by atoms with E-state index in [2.05, 4.69) is 10.6 Å². The van der Waals surface area contributed by atoms with Crippen molar-refractivity contribution in [1.29, 1.82) is 0 Å². The first-order chi connectivity index (χ1) is 17.8. The molecule has 2 aliphatic rings. The van der Waals surface area contributed by atoms with E-state index >= 15 is 0 Å². The molecule has 1 aliphatic carbocycles. The van der Waals surface area contributed by atoms with Crippen molar-refractivity contribution in [3.05, 3.63) is 48.5 Å². The summed E-state index contributed by atoms with van der Waals surface area (Å²) < 4.78 is 31.3. The van der Waals surface area contributed by atoms with Crippen molar-refractivity contribution in [2.75, 3.05) is 35.7 Å². The highest BCUT2D eigenvalue weighted by molar-refractivity contribution is 7.91. The lowest BCUT2D eigenvalue weighted by Gasteiger charge is -2.33. The summed E-state index contributed by atoms with van der Waals surface area (Å²) in [5.41, 5.74) is 1.80. The van der Waals surface area contributed by atoms with Gasteiger partial charge in [0.05, 0.1) is 29.9 Å². The minimum atomic E-state index is -3.50. The molecule has 194 valence electrons. The molecule has 37 heavy (non-hydrogen) atoms. The standard InChI is InChI=1S/C26H30N6O4S/c1-3-37(34,35)22-7-5-4-6-21(22)24-29-23(30-25(31-24)32-14-15-36-16-17(32)2)18-8-10-19(11-9-18)27-26(33)28-20-12-13-20/h4-11,17,20H,3,12-16H2,1-2H3,(H2,27,28,33)/t17-/m0/s1. The van der Waals surface area contributed by atoms with Crippen LogP contribution in [0.2, 0.25) is 0 Å². The number of amides is 2. The molecular weight excluding hydrogens is 492 g/mol. The maximum absolute atomic E-state index is 12.8. The first kappa shape index (κ1) is 25.1. The first-order valence-corrected chi connectivity index (χ1v) is 14.1. The molecule has 1 saturated heterocycles. The highest BCUT2D eigenvalue weighted by Gasteiger charge is 2.26. The Kier molecular flexibility index (Phi) is 7.07. The number of urea groups is 1. The van der Waals surface area contributed by atoms with Crippen molar-refractivity contribution in [3.63, 3.8) is 0 Å². The fraction of sp³-hybridized carbons (Fsp3) is 0.385. The van der Waals surface area contributed by atoms with E-state index in [4.69, 9.17) is 19.7 Å². The quantitative estimate of drug-likeness (QED) is 0.483. The zero-order chi connectivity index (χ0) is 26.0. The second kappa shape index (κ2) is 10.4. The van der Waals surface area contributed by atoms with Gasteiger partial charge in [-0.15, -0.1) is 0 Å². The summed E-state index contributed by atoms with van der Waals surface area (Å²) in [6.07, 6.45) is 2.03. The molecule has 0 spiro atoms. The summed E-state index contributed by atoms with van der Waals surface area (Å²) in [4.78, 5) is 28.5. The summed E-state index contributed by atoms with van der Waals surface area (Å²) in [5, 5.41) is 5.73. The third-order valence-electron chi connectivity index (χ3n) is 6.40. The summed E-state index contributed by atoms with van der Waals surface area (Å²) in [6.45, 7) is 5.35. The van der Waals surface area contributed by atoms with Gasteiger partial charge in [-0.05, 0) is 56.2 Å². The molecule has 2 amide bonds. The van der Waals surface area contributed by atoms with Crippen molar-refractivity contribution in [2.45, 2.75) is 43.7 Å². The zero-order valence-electron chi connectivity index (χ0n) is 20.8. The number of sulfone groups is 1. The smallest absolute Gasteiger partial charge is 0.319 e. The molecule has 2 aromatic carbocycles. The van der Waals surface area contributed by atoms with Gasteiger partial charge >= 0.3 is 6.03 Å². The van der Waals surface area contributed by atoms with Crippen LogP contribution in [0.3, 0.4) is 0 Å². The van der Waals surface area contributed by atoms with E-state index in [0.717, 1.165) is 18.4 Å². The van der Waals surface area contributed by atoms with E-state index in [1.807, 2.05) is 24.0 Å². The largest absolute Gasteiger partial charge is 0.377 e. The van der Waals surface area contributed by atoms with Gasteiger partial charge in [0.25, 0.3) is 0 Å². The van der Waals surface area contributed by atoms with Crippen LogP contribution in [-0.2, 0) is 14.6 Å². The summed E-state index contributed by atoms with van der Waals surface area (Å²) in [5.74, 6) is 1.14. The van der Waals surface area contributed by atoms with Gasteiger partial charge in [0.1, 0.15) is 0 Å². The lowest BCUT2D eigenvalue weighted by molar-refractivity contribution is 0.0981. The van der Waals surface area contributed by atoms with Crippen LogP contribution in [0.4, 0.5) is 16.4 Å². The summed E-state index contributed by atoms with van der Waals surface area (Å²) in [6, 6.07) is 14.1. The Morgan fingerprint density at radius 1 is 1.05 bits per heavy atom. The van der Waals surface area contributed by atoms with Crippen LogP contribution >= 0.6 is 0 Å². The van der Waals surface area contributed by atoms with Gasteiger partial charge in [0.15, 0.2) is 21.5 Å².